The van der Waals surface area contributed by atoms with Gasteiger partial charge in [0.25, 0.3) is 0 Å². The Labute approximate surface area is 434 Å². The summed E-state index contributed by atoms with van der Waals surface area (Å²) in [6, 6.07) is 58.1. The fourth-order valence-electron chi connectivity index (χ4n) is 10.4. The van der Waals surface area contributed by atoms with Gasteiger partial charge in [0.2, 0.25) is 0 Å². The van der Waals surface area contributed by atoms with Crippen molar-refractivity contribution in [3.8, 4) is 22.3 Å². The van der Waals surface area contributed by atoms with E-state index in [2.05, 4.69) is 241 Å². The van der Waals surface area contributed by atoms with Crippen LogP contribution in [0.15, 0.2) is 158 Å². The molecule has 68 heavy (non-hydrogen) atoms. The number of fused-ring (bicyclic) bond motifs is 9. The van der Waals surface area contributed by atoms with Crippen LogP contribution >= 0.6 is 0 Å². The van der Waals surface area contributed by atoms with Gasteiger partial charge >= 0.3 is 0 Å². The smallest absolute Gasteiger partial charge is 0 e. The first-order chi connectivity index (χ1) is 31.7. The first kappa shape index (κ1) is 50.7. The van der Waals surface area contributed by atoms with Crippen LogP contribution in [-0.4, -0.2) is 0 Å². The van der Waals surface area contributed by atoms with Crippen LogP contribution in [0.3, 0.4) is 0 Å². The number of rotatable bonds is 1. The second-order valence-corrected chi connectivity index (χ2v) is 22.9. The van der Waals surface area contributed by atoms with E-state index in [1.54, 1.807) is 6.08 Å². The van der Waals surface area contributed by atoms with Crippen molar-refractivity contribution in [2.75, 3.05) is 0 Å². The fraction of sp³-hybridized carbons (Fsp3) is 0.284. The minimum atomic E-state index is 0. The quantitative estimate of drug-likeness (QED) is 0.144. The van der Waals surface area contributed by atoms with Gasteiger partial charge in [-0.15, -0.1) is 5.39 Å². The third-order valence-corrected chi connectivity index (χ3v) is 13.7. The van der Waals surface area contributed by atoms with Crippen molar-refractivity contribution in [1.82, 2.24) is 0 Å². The Hall–Kier alpha value is -5.14. The van der Waals surface area contributed by atoms with Crippen molar-refractivity contribution in [3.05, 3.63) is 226 Å². The van der Waals surface area contributed by atoms with Crippen LogP contribution < -0.4 is 0 Å². The van der Waals surface area contributed by atoms with E-state index in [0.29, 0.717) is 0 Å². The first-order valence-corrected chi connectivity index (χ1v) is 24.4. The first-order valence-electron chi connectivity index (χ1n) is 24.4. The molecule has 0 unspecified atom stereocenters. The van der Waals surface area contributed by atoms with E-state index in [1.807, 2.05) is 6.07 Å². The average Bonchev–Trinajstić information content (AvgIpc) is 4.01. The Morgan fingerprint density at radius 3 is 1.60 bits per heavy atom. The largest absolute Gasteiger partial charge is 0.344 e. The standard InChI is InChI=1S/3C17H18.C16H16.Y/c1-17(2,3)15-10-6-8-13-11-12-7-4-5-9-14(12)16(13)15;1-17(2,3)16-10-6-9-14-13-8-5-4-7-12(13)11-15(14)16;1-17(2,3)16-9-8-14-10-12-6-4-5-7-13(12)11-15(14)16;1-5-12-9-10-14-13(11-12)7-6-8-15(14)16(2,3)4;/h2*4-10H,11H2,1-3H3;4-7,9-11H,8H2,1-3H3;1,5-8,10-11H,2-4H3;/q;;;-2;. The molecule has 3 aliphatic rings. The van der Waals surface area contributed by atoms with Crippen LogP contribution in [0.1, 0.15) is 139 Å². The minimum absolute atomic E-state index is 0. The molecule has 0 aliphatic heterocycles. The Kier molecular flexibility index (Phi) is 15.0. The van der Waals surface area contributed by atoms with Gasteiger partial charge in [-0.3, -0.25) is 0 Å². The van der Waals surface area contributed by atoms with Crippen molar-refractivity contribution in [1.29, 1.82) is 0 Å². The van der Waals surface area contributed by atoms with Crippen molar-refractivity contribution < 1.29 is 32.7 Å². The van der Waals surface area contributed by atoms with Crippen LogP contribution in [-0.2, 0) is 68.2 Å². The summed E-state index contributed by atoms with van der Waals surface area (Å²) in [5, 5.41) is 5.20. The van der Waals surface area contributed by atoms with Gasteiger partial charge in [-0.2, -0.15) is 6.07 Å². The zero-order chi connectivity index (χ0) is 47.9. The Morgan fingerprint density at radius 1 is 0.441 bits per heavy atom. The van der Waals surface area contributed by atoms with Crippen LogP contribution in [0.4, 0.5) is 0 Å². The van der Waals surface area contributed by atoms with Crippen LogP contribution in [0, 0.1) is 18.1 Å². The fourth-order valence-corrected chi connectivity index (χ4v) is 10.4. The molecule has 8 aromatic carbocycles. The molecule has 3 aliphatic carbocycles. The molecule has 343 valence electrons. The second kappa shape index (κ2) is 20.1. The van der Waals surface area contributed by atoms with Gasteiger partial charge in [0, 0.05) is 32.7 Å². The van der Waals surface area contributed by atoms with Gasteiger partial charge in [-0.05, 0) is 130 Å². The molecule has 8 aromatic rings. The van der Waals surface area contributed by atoms with Crippen molar-refractivity contribution in [2.24, 2.45) is 5.41 Å². The molecular weight excluding hydrogens is 894 g/mol. The molecular formula is C67H70Y-2. The molecule has 0 atom stereocenters. The zero-order valence-corrected chi connectivity index (χ0v) is 45.7. The summed E-state index contributed by atoms with van der Waals surface area (Å²) in [5.41, 5.74) is 22.3. The maximum absolute atomic E-state index is 5.51. The maximum Gasteiger partial charge on any atom is 0 e. The molecule has 0 bridgehead atoms. The Bertz CT molecular complexity index is 3140. The maximum atomic E-state index is 5.51. The molecule has 0 aromatic heterocycles. The van der Waals surface area contributed by atoms with Crippen LogP contribution in [0.5, 0.6) is 0 Å². The van der Waals surface area contributed by atoms with Gasteiger partial charge in [-0.1, -0.05) is 234 Å². The Balaban J connectivity index is 0.000000134. The molecule has 0 heterocycles. The van der Waals surface area contributed by atoms with Crippen LogP contribution in [0.2, 0.25) is 0 Å². The molecule has 0 nitrogen and oxygen atoms in total. The number of benzene rings is 8. The van der Waals surface area contributed by atoms with Gasteiger partial charge in [-0.25, -0.2) is 12.1 Å². The van der Waals surface area contributed by atoms with E-state index in [4.69, 9.17) is 6.58 Å². The molecule has 11 rings (SSSR count). The van der Waals surface area contributed by atoms with Gasteiger partial charge in [0.15, 0.2) is 0 Å². The summed E-state index contributed by atoms with van der Waals surface area (Å²) in [7, 11) is 0. The molecule has 1 radical (unpaired) electrons. The monoisotopic (exact) mass is 963 g/mol. The zero-order valence-electron chi connectivity index (χ0n) is 42.9. The number of hydrogen-bond acceptors (Lipinski definition) is 0. The topological polar surface area (TPSA) is 0 Å². The summed E-state index contributed by atoms with van der Waals surface area (Å²) in [5.74, 6) is 0. The summed E-state index contributed by atoms with van der Waals surface area (Å²) in [6.07, 6.45) is 7.26. The van der Waals surface area contributed by atoms with Gasteiger partial charge in [0.05, 0.1) is 0 Å². The number of allylic oxidation sites excluding steroid dienone is 2. The van der Waals surface area contributed by atoms with Gasteiger partial charge in [0.1, 0.15) is 0 Å². The molecule has 0 saturated carbocycles. The average molecular weight is 964 g/mol. The van der Waals surface area contributed by atoms with E-state index in [1.165, 1.54) is 99.4 Å². The second-order valence-electron chi connectivity index (χ2n) is 22.9. The third-order valence-electron chi connectivity index (χ3n) is 13.7. The van der Waals surface area contributed by atoms with E-state index < -0.39 is 0 Å². The van der Waals surface area contributed by atoms with Crippen molar-refractivity contribution in [2.45, 2.75) is 119 Å². The molecule has 0 fully saturated rings. The van der Waals surface area contributed by atoms with Crippen LogP contribution in [0.25, 0.3) is 55.4 Å². The van der Waals surface area contributed by atoms with E-state index in [0.717, 1.165) is 24.8 Å². The van der Waals surface area contributed by atoms with E-state index >= 15 is 0 Å². The summed E-state index contributed by atoms with van der Waals surface area (Å²) in [4.78, 5) is 0. The van der Waals surface area contributed by atoms with Crippen molar-refractivity contribution >= 4 is 33.2 Å². The molecule has 0 N–H and O–H groups in total. The summed E-state index contributed by atoms with van der Waals surface area (Å²) in [6.45, 7) is 32.9. The molecule has 0 spiro atoms. The van der Waals surface area contributed by atoms with Gasteiger partial charge < -0.3 is 18.2 Å². The molecule has 1 heteroatoms. The summed E-state index contributed by atoms with van der Waals surface area (Å²) < 4.78 is 0. The predicted octanol–water partition coefficient (Wildman–Crippen LogP) is 18.3. The van der Waals surface area contributed by atoms with Crippen molar-refractivity contribution in [3.63, 3.8) is 0 Å². The molecule has 0 saturated heterocycles. The third kappa shape index (κ3) is 10.8. The van der Waals surface area contributed by atoms with E-state index in [9.17, 15) is 0 Å². The summed E-state index contributed by atoms with van der Waals surface area (Å²) >= 11 is 0. The van der Waals surface area contributed by atoms with E-state index in [-0.39, 0.29) is 54.4 Å². The SMILES string of the molecule is CC(C)(C)C1=CCc2cc3ccccc3cc21.CC(C)(C)c1cccc2c1-c1ccccc1C2.CC(C)(C)c1cccc2c1Cc1ccccc1-2.[CH-]=Cc1[c-]cc2c(C(C)(C)C)cccc2c1.[Y]. The normalized spacial score (nSPS) is 13.1. The predicted molar refractivity (Wildman–Crippen MR) is 292 cm³/mol. The minimum Gasteiger partial charge on any atom is -0.344 e. The Morgan fingerprint density at radius 2 is 0.956 bits per heavy atom. The number of hydrogen-bond donors (Lipinski definition) is 0. The molecule has 0 amide bonds.